The third-order valence-electron chi connectivity index (χ3n) is 4.02. The molecule has 3 rings (SSSR count). The van der Waals surface area contributed by atoms with E-state index in [2.05, 4.69) is 15.4 Å². The van der Waals surface area contributed by atoms with Gasteiger partial charge in [-0.25, -0.2) is 4.98 Å². The molecule has 0 spiro atoms. The van der Waals surface area contributed by atoms with Gasteiger partial charge in [0.15, 0.2) is 5.13 Å². The molecule has 2 aromatic rings. The number of nitrogens with one attached hydrogen (secondary N) is 1. The number of carboxylic acids is 1. The maximum Gasteiger partial charge on any atom is 0.325 e. The molecule has 1 fully saturated rings. The summed E-state index contributed by atoms with van der Waals surface area (Å²) in [6.07, 6.45) is 3.50. The normalized spacial score (nSPS) is 17.7. The van der Waals surface area contributed by atoms with Crippen LogP contribution in [0.3, 0.4) is 0 Å². The number of carboxylic acid groups (broad SMARTS) is 1. The molecular formula is C15H19N5O3S. The van der Waals surface area contributed by atoms with Gasteiger partial charge in [-0.1, -0.05) is 0 Å². The van der Waals surface area contributed by atoms with Gasteiger partial charge in [-0.3, -0.25) is 14.3 Å². The van der Waals surface area contributed by atoms with Crippen LogP contribution in [0.2, 0.25) is 0 Å². The number of aliphatic carboxylic acids is 1. The second-order valence-electron chi connectivity index (χ2n) is 5.71. The lowest BCUT2D eigenvalue weighted by atomic mass is 9.95. The first kappa shape index (κ1) is 16.4. The minimum Gasteiger partial charge on any atom is -0.480 e. The molecule has 0 saturated carbocycles. The number of amides is 1. The van der Waals surface area contributed by atoms with E-state index in [0.29, 0.717) is 18.8 Å². The first-order chi connectivity index (χ1) is 11.6. The lowest BCUT2D eigenvalue weighted by Gasteiger charge is -2.31. The first-order valence-electron chi connectivity index (χ1n) is 7.74. The van der Waals surface area contributed by atoms with Gasteiger partial charge in [-0.15, -0.1) is 11.3 Å². The maximum absolute atomic E-state index is 12.6. The average molecular weight is 349 g/mol. The molecule has 1 saturated heterocycles. The lowest BCUT2D eigenvalue weighted by Crippen LogP contribution is -2.39. The monoisotopic (exact) mass is 349 g/mol. The highest BCUT2D eigenvalue weighted by molar-refractivity contribution is 7.13. The summed E-state index contributed by atoms with van der Waals surface area (Å²) in [4.78, 5) is 29.4. The summed E-state index contributed by atoms with van der Waals surface area (Å²) in [6, 6.07) is 1.84. The average Bonchev–Trinajstić information content (AvgIpc) is 3.23. The van der Waals surface area contributed by atoms with E-state index in [1.54, 1.807) is 23.5 Å². The summed E-state index contributed by atoms with van der Waals surface area (Å²) < 4.78 is 1.41. The fourth-order valence-electron chi connectivity index (χ4n) is 2.87. The predicted octanol–water partition coefficient (Wildman–Crippen LogP) is 1.49. The molecular weight excluding hydrogens is 330 g/mol. The third kappa shape index (κ3) is 3.56. The molecule has 24 heavy (non-hydrogen) atoms. The molecule has 8 nitrogen and oxygen atoms in total. The summed E-state index contributed by atoms with van der Waals surface area (Å²) in [6.45, 7) is 1.13. The van der Waals surface area contributed by atoms with Crippen LogP contribution in [0.25, 0.3) is 0 Å². The summed E-state index contributed by atoms with van der Waals surface area (Å²) in [5.41, 5.74) is 1.30. The number of rotatable bonds is 5. The van der Waals surface area contributed by atoms with Gasteiger partial charge >= 0.3 is 5.97 Å². The Morgan fingerprint density at radius 3 is 3.04 bits per heavy atom. The van der Waals surface area contributed by atoms with Crippen LogP contribution in [0.5, 0.6) is 0 Å². The van der Waals surface area contributed by atoms with Crippen LogP contribution in [-0.2, 0) is 11.3 Å². The Labute approximate surface area is 143 Å². The quantitative estimate of drug-likeness (QED) is 0.848. The largest absolute Gasteiger partial charge is 0.480 e. The Balaban J connectivity index is 1.68. The molecule has 0 aromatic carbocycles. The minimum absolute atomic E-state index is 0.0672. The van der Waals surface area contributed by atoms with E-state index >= 15 is 0 Å². The number of piperidine rings is 1. The Morgan fingerprint density at radius 1 is 1.50 bits per heavy atom. The molecule has 128 valence electrons. The smallest absolute Gasteiger partial charge is 0.325 e. The number of hydrogen-bond acceptors (Lipinski definition) is 6. The van der Waals surface area contributed by atoms with Gasteiger partial charge in [0.1, 0.15) is 12.2 Å². The highest BCUT2D eigenvalue weighted by Crippen LogP contribution is 2.27. The van der Waals surface area contributed by atoms with Gasteiger partial charge in [0.2, 0.25) is 0 Å². The van der Waals surface area contributed by atoms with Crippen LogP contribution in [0.1, 0.15) is 34.9 Å². The van der Waals surface area contributed by atoms with Crippen LogP contribution < -0.4 is 5.32 Å². The Morgan fingerprint density at radius 2 is 2.33 bits per heavy atom. The van der Waals surface area contributed by atoms with E-state index in [0.717, 1.165) is 23.7 Å². The topological polar surface area (TPSA) is 100 Å². The van der Waals surface area contributed by atoms with Crippen molar-refractivity contribution < 1.29 is 14.7 Å². The molecule has 3 heterocycles. The van der Waals surface area contributed by atoms with Crippen molar-refractivity contribution in [2.45, 2.75) is 25.3 Å². The zero-order valence-electron chi connectivity index (χ0n) is 13.3. The van der Waals surface area contributed by atoms with Crippen LogP contribution in [0.15, 0.2) is 17.6 Å². The lowest BCUT2D eigenvalue weighted by molar-refractivity contribution is -0.137. The van der Waals surface area contributed by atoms with E-state index < -0.39 is 5.97 Å². The molecule has 2 N–H and O–H groups in total. The molecule has 1 amide bonds. The van der Waals surface area contributed by atoms with Crippen molar-refractivity contribution in [3.05, 3.63) is 29.0 Å². The Hall–Kier alpha value is -2.42. The van der Waals surface area contributed by atoms with E-state index in [1.807, 2.05) is 6.07 Å². The minimum atomic E-state index is -0.922. The molecule has 9 heteroatoms. The van der Waals surface area contributed by atoms with Crippen molar-refractivity contribution in [1.82, 2.24) is 19.7 Å². The molecule has 2 aromatic heterocycles. The number of carbonyl (C=O) groups is 2. The van der Waals surface area contributed by atoms with Crippen LogP contribution in [-0.4, -0.2) is 56.8 Å². The SMILES string of the molecule is CNc1nc(C(=O)N2CCC[C@H](c3ccn(CC(=O)O)n3)C2)cs1. The predicted molar refractivity (Wildman–Crippen MR) is 89.4 cm³/mol. The van der Waals surface area contributed by atoms with Gasteiger partial charge in [-0.2, -0.15) is 5.10 Å². The summed E-state index contributed by atoms with van der Waals surface area (Å²) in [5.74, 6) is -0.864. The zero-order chi connectivity index (χ0) is 17.1. The summed E-state index contributed by atoms with van der Waals surface area (Å²) >= 11 is 1.41. The van der Waals surface area contributed by atoms with Crippen molar-refractivity contribution in [2.75, 3.05) is 25.5 Å². The van der Waals surface area contributed by atoms with Gasteiger partial charge < -0.3 is 15.3 Å². The van der Waals surface area contributed by atoms with Gasteiger partial charge in [-0.05, 0) is 18.9 Å². The number of nitrogens with zero attached hydrogens (tertiary/aromatic N) is 4. The Kier molecular flexibility index (Phi) is 4.79. The van der Waals surface area contributed by atoms with Gasteiger partial charge in [0.25, 0.3) is 5.91 Å². The molecule has 1 aliphatic rings. The molecule has 0 radical (unpaired) electrons. The molecule has 1 atom stereocenters. The number of thiazole rings is 1. The van der Waals surface area contributed by atoms with Crippen molar-refractivity contribution >= 4 is 28.3 Å². The maximum atomic E-state index is 12.6. The summed E-state index contributed by atoms with van der Waals surface area (Å²) in [5, 5.41) is 18.6. The Bertz CT molecular complexity index is 741. The highest BCUT2D eigenvalue weighted by Gasteiger charge is 2.28. The van der Waals surface area contributed by atoms with Gasteiger partial charge in [0, 0.05) is 37.6 Å². The van der Waals surface area contributed by atoms with Crippen LogP contribution in [0.4, 0.5) is 5.13 Å². The van der Waals surface area contributed by atoms with Crippen molar-refractivity contribution in [1.29, 1.82) is 0 Å². The number of carbonyl (C=O) groups excluding carboxylic acids is 1. The van der Waals surface area contributed by atoms with E-state index in [-0.39, 0.29) is 18.4 Å². The first-order valence-corrected chi connectivity index (χ1v) is 8.62. The second-order valence-corrected chi connectivity index (χ2v) is 6.57. The fourth-order valence-corrected chi connectivity index (χ4v) is 3.52. The number of likely N-dealkylation sites (tertiary alicyclic amines) is 1. The molecule has 0 unspecified atom stereocenters. The second kappa shape index (κ2) is 7.00. The van der Waals surface area contributed by atoms with Crippen molar-refractivity contribution in [3.63, 3.8) is 0 Å². The molecule has 0 bridgehead atoms. The van der Waals surface area contributed by atoms with Crippen molar-refractivity contribution in [2.24, 2.45) is 0 Å². The summed E-state index contributed by atoms with van der Waals surface area (Å²) in [7, 11) is 1.78. The number of aromatic nitrogens is 3. The molecule has 1 aliphatic heterocycles. The van der Waals surface area contributed by atoms with Crippen LogP contribution >= 0.6 is 11.3 Å². The number of anilines is 1. The fraction of sp³-hybridized carbons (Fsp3) is 0.467. The zero-order valence-corrected chi connectivity index (χ0v) is 14.1. The van der Waals surface area contributed by atoms with Gasteiger partial charge in [0.05, 0.1) is 5.69 Å². The van der Waals surface area contributed by atoms with E-state index in [1.165, 1.54) is 16.0 Å². The number of hydrogen-bond donors (Lipinski definition) is 2. The van der Waals surface area contributed by atoms with E-state index in [9.17, 15) is 9.59 Å². The van der Waals surface area contributed by atoms with Crippen molar-refractivity contribution in [3.8, 4) is 0 Å². The third-order valence-corrected chi connectivity index (χ3v) is 4.88. The van der Waals surface area contributed by atoms with Crippen LogP contribution in [0, 0.1) is 0 Å². The highest BCUT2D eigenvalue weighted by atomic mass is 32.1. The molecule has 0 aliphatic carbocycles. The standard InChI is InChI=1S/C15H19N5O3S/c1-16-15-17-12(9-24-15)14(23)19-5-2-3-10(7-19)11-4-6-20(18-11)8-13(21)22/h4,6,9-10H,2-3,5,7-8H2,1H3,(H,16,17)(H,21,22)/t10-/m0/s1. The van der Waals surface area contributed by atoms with E-state index in [4.69, 9.17) is 5.11 Å².